The van der Waals surface area contributed by atoms with Crippen molar-refractivity contribution >= 4 is 6.09 Å². The van der Waals surface area contributed by atoms with Crippen molar-refractivity contribution in [1.29, 1.82) is 0 Å². The van der Waals surface area contributed by atoms with E-state index in [1.807, 2.05) is 30.3 Å². The summed E-state index contributed by atoms with van der Waals surface area (Å²) in [5.41, 5.74) is 0.945. The van der Waals surface area contributed by atoms with E-state index in [4.69, 9.17) is 4.74 Å². The standard InChI is InChI=1S/C16H21NO3/c18-14-7-9-16(14)8-4-10-17(12-16)15(19)20-11-13-5-2-1-3-6-13/h1-3,5-6,14,18H,4,7-12H2. The third-order valence-corrected chi connectivity index (χ3v) is 4.69. The molecule has 1 spiro atoms. The first kappa shape index (κ1) is 13.4. The second kappa shape index (κ2) is 5.44. The maximum absolute atomic E-state index is 12.1. The first-order valence-electron chi connectivity index (χ1n) is 7.33. The van der Waals surface area contributed by atoms with Crippen LogP contribution in [-0.4, -0.2) is 35.3 Å². The number of carbonyl (C=O) groups is 1. The average Bonchev–Trinajstić information content (AvgIpc) is 2.52. The zero-order valence-corrected chi connectivity index (χ0v) is 11.6. The molecule has 1 aromatic carbocycles. The molecule has 1 saturated heterocycles. The van der Waals surface area contributed by atoms with Crippen LogP contribution in [-0.2, 0) is 11.3 Å². The highest BCUT2D eigenvalue weighted by Gasteiger charge is 2.49. The Morgan fingerprint density at radius 1 is 1.35 bits per heavy atom. The van der Waals surface area contributed by atoms with Crippen molar-refractivity contribution in [2.45, 2.75) is 38.4 Å². The molecule has 2 fully saturated rings. The van der Waals surface area contributed by atoms with E-state index < -0.39 is 0 Å². The lowest BCUT2D eigenvalue weighted by Crippen LogP contribution is -2.56. The van der Waals surface area contributed by atoms with Gasteiger partial charge in [-0.2, -0.15) is 0 Å². The van der Waals surface area contributed by atoms with E-state index in [0.717, 1.165) is 37.8 Å². The number of rotatable bonds is 2. The summed E-state index contributed by atoms with van der Waals surface area (Å²) in [6, 6.07) is 9.70. The lowest BCUT2D eigenvalue weighted by atomic mass is 9.62. The molecule has 4 nitrogen and oxygen atoms in total. The molecule has 20 heavy (non-hydrogen) atoms. The molecule has 0 aromatic heterocycles. The quantitative estimate of drug-likeness (QED) is 0.902. The first-order chi connectivity index (χ1) is 9.70. The van der Waals surface area contributed by atoms with Crippen LogP contribution in [0, 0.1) is 5.41 Å². The Kier molecular flexibility index (Phi) is 3.66. The summed E-state index contributed by atoms with van der Waals surface area (Å²) in [5, 5.41) is 9.95. The van der Waals surface area contributed by atoms with Gasteiger partial charge in [-0.1, -0.05) is 30.3 Å². The maximum Gasteiger partial charge on any atom is 0.410 e. The number of aliphatic hydroxyl groups excluding tert-OH is 1. The lowest BCUT2D eigenvalue weighted by molar-refractivity contribution is -0.101. The normalized spacial score (nSPS) is 29.1. The highest BCUT2D eigenvalue weighted by Crippen LogP contribution is 2.47. The van der Waals surface area contributed by atoms with E-state index in [-0.39, 0.29) is 17.6 Å². The minimum atomic E-state index is -0.257. The van der Waals surface area contributed by atoms with E-state index in [0.29, 0.717) is 13.2 Å². The molecule has 1 aliphatic heterocycles. The number of aliphatic hydroxyl groups is 1. The summed E-state index contributed by atoms with van der Waals surface area (Å²) >= 11 is 0. The second-order valence-electron chi connectivity index (χ2n) is 5.98. The fourth-order valence-corrected chi connectivity index (χ4v) is 3.28. The van der Waals surface area contributed by atoms with Crippen LogP contribution in [0.15, 0.2) is 30.3 Å². The summed E-state index contributed by atoms with van der Waals surface area (Å²) in [6.07, 6.45) is 3.37. The molecule has 1 N–H and O–H groups in total. The Bertz CT molecular complexity index is 476. The number of likely N-dealkylation sites (tertiary alicyclic amines) is 1. The zero-order valence-electron chi connectivity index (χ0n) is 11.6. The van der Waals surface area contributed by atoms with E-state index in [9.17, 15) is 9.90 Å². The monoisotopic (exact) mass is 275 g/mol. The molecular weight excluding hydrogens is 254 g/mol. The van der Waals surface area contributed by atoms with Crippen molar-refractivity contribution in [3.63, 3.8) is 0 Å². The molecule has 2 unspecified atom stereocenters. The molecule has 1 aliphatic carbocycles. The van der Waals surface area contributed by atoms with Crippen LogP contribution in [0.3, 0.4) is 0 Å². The van der Waals surface area contributed by atoms with Gasteiger partial charge in [0, 0.05) is 18.5 Å². The summed E-state index contributed by atoms with van der Waals surface area (Å²) in [6.45, 7) is 1.69. The van der Waals surface area contributed by atoms with Gasteiger partial charge in [0.15, 0.2) is 0 Å². The van der Waals surface area contributed by atoms with Gasteiger partial charge in [-0.15, -0.1) is 0 Å². The van der Waals surface area contributed by atoms with Crippen molar-refractivity contribution < 1.29 is 14.6 Å². The molecule has 2 aliphatic rings. The van der Waals surface area contributed by atoms with Crippen LogP contribution in [0.1, 0.15) is 31.2 Å². The minimum absolute atomic E-state index is 0.0516. The maximum atomic E-state index is 12.1. The third-order valence-electron chi connectivity index (χ3n) is 4.69. The molecule has 1 saturated carbocycles. The number of benzene rings is 1. The fraction of sp³-hybridized carbons (Fsp3) is 0.562. The topological polar surface area (TPSA) is 49.8 Å². The van der Waals surface area contributed by atoms with E-state index in [1.54, 1.807) is 4.90 Å². The molecule has 2 atom stereocenters. The summed E-state index contributed by atoms with van der Waals surface area (Å²) < 4.78 is 5.37. The first-order valence-corrected chi connectivity index (χ1v) is 7.33. The van der Waals surface area contributed by atoms with E-state index >= 15 is 0 Å². The average molecular weight is 275 g/mol. The Balaban J connectivity index is 1.55. The number of amides is 1. The number of piperidine rings is 1. The molecule has 108 valence electrons. The number of hydrogen-bond donors (Lipinski definition) is 1. The molecule has 1 aromatic rings. The third kappa shape index (κ3) is 2.52. The Morgan fingerprint density at radius 2 is 2.15 bits per heavy atom. The van der Waals surface area contributed by atoms with E-state index in [2.05, 4.69) is 0 Å². The van der Waals surface area contributed by atoms with Gasteiger partial charge in [0.05, 0.1) is 6.10 Å². The van der Waals surface area contributed by atoms with Gasteiger partial charge in [0.1, 0.15) is 6.61 Å². The molecule has 3 rings (SSSR count). The minimum Gasteiger partial charge on any atom is -0.445 e. The predicted octanol–water partition coefficient (Wildman–Crippen LogP) is 2.56. The number of ether oxygens (including phenoxy) is 1. The largest absolute Gasteiger partial charge is 0.445 e. The molecular formula is C16H21NO3. The van der Waals surface area contributed by atoms with Gasteiger partial charge in [0.2, 0.25) is 0 Å². The Labute approximate surface area is 119 Å². The van der Waals surface area contributed by atoms with Gasteiger partial charge in [0.25, 0.3) is 0 Å². The van der Waals surface area contributed by atoms with Crippen LogP contribution >= 0.6 is 0 Å². The van der Waals surface area contributed by atoms with Crippen LogP contribution in [0.2, 0.25) is 0 Å². The second-order valence-corrected chi connectivity index (χ2v) is 5.98. The Morgan fingerprint density at radius 3 is 2.80 bits per heavy atom. The lowest BCUT2D eigenvalue weighted by Gasteiger charge is -2.51. The molecule has 1 heterocycles. The zero-order chi connectivity index (χ0) is 14.0. The molecule has 0 bridgehead atoms. The Hall–Kier alpha value is -1.55. The summed E-state index contributed by atoms with van der Waals surface area (Å²) in [4.78, 5) is 13.9. The van der Waals surface area contributed by atoms with Crippen molar-refractivity contribution in [2.75, 3.05) is 13.1 Å². The van der Waals surface area contributed by atoms with Crippen molar-refractivity contribution in [1.82, 2.24) is 4.90 Å². The van der Waals surface area contributed by atoms with Gasteiger partial charge in [-0.3, -0.25) is 0 Å². The predicted molar refractivity (Wildman–Crippen MR) is 75.1 cm³/mol. The van der Waals surface area contributed by atoms with Crippen LogP contribution in [0.4, 0.5) is 4.79 Å². The molecule has 0 radical (unpaired) electrons. The molecule has 4 heteroatoms. The van der Waals surface area contributed by atoms with Crippen molar-refractivity contribution in [3.05, 3.63) is 35.9 Å². The highest BCUT2D eigenvalue weighted by molar-refractivity contribution is 5.68. The number of carbonyl (C=O) groups excluding carboxylic acids is 1. The number of hydrogen-bond acceptors (Lipinski definition) is 3. The fourth-order valence-electron chi connectivity index (χ4n) is 3.28. The van der Waals surface area contributed by atoms with Gasteiger partial charge < -0.3 is 14.7 Å². The smallest absolute Gasteiger partial charge is 0.410 e. The van der Waals surface area contributed by atoms with Gasteiger partial charge in [-0.05, 0) is 31.2 Å². The van der Waals surface area contributed by atoms with Gasteiger partial charge in [-0.25, -0.2) is 4.79 Å². The number of nitrogens with zero attached hydrogens (tertiary/aromatic N) is 1. The summed E-state index contributed by atoms with van der Waals surface area (Å²) in [7, 11) is 0. The van der Waals surface area contributed by atoms with Crippen molar-refractivity contribution in [3.8, 4) is 0 Å². The highest BCUT2D eigenvalue weighted by atomic mass is 16.6. The van der Waals surface area contributed by atoms with Crippen molar-refractivity contribution in [2.24, 2.45) is 5.41 Å². The summed E-state index contributed by atoms with van der Waals surface area (Å²) in [5.74, 6) is 0. The van der Waals surface area contributed by atoms with Crippen LogP contribution < -0.4 is 0 Å². The van der Waals surface area contributed by atoms with Crippen LogP contribution in [0.25, 0.3) is 0 Å². The van der Waals surface area contributed by atoms with E-state index in [1.165, 1.54) is 0 Å². The molecule has 1 amide bonds. The van der Waals surface area contributed by atoms with Gasteiger partial charge >= 0.3 is 6.09 Å². The van der Waals surface area contributed by atoms with Crippen LogP contribution in [0.5, 0.6) is 0 Å². The SMILES string of the molecule is O=C(OCc1ccccc1)N1CCCC2(CCC2O)C1.